The van der Waals surface area contributed by atoms with Crippen LogP contribution in [-0.2, 0) is 5.41 Å². The molecule has 3 rings (SSSR count). The Bertz CT molecular complexity index is 725. The Labute approximate surface area is 138 Å². The van der Waals surface area contributed by atoms with Gasteiger partial charge in [-0.2, -0.15) is 0 Å². The van der Waals surface area contributed by atoms with Crippen molar-refractivity contribution in [2.75, 3.05) is 0 Å². The maximum absolute atomic E-state index is 11.8. The van der Waals surface area contributed by atoms with Crippen molar-refractivity contribution in [1.82, 2.24) is 0 Å². The van der Waals surface area contributed by atoms with E-state index in [9.17, 15) is 15.0 Å². The van der Waals surface area contributed by atoms with Gasteiger partial charge in [0.25, 0.3) is 0 Å². The van der Waals surface area contributed by atoms with Gasteiger partial charge in [0.2, 0.25) is 0 Å². The molecule has 23 heavy (non-hydrogen) atoms. The van der Waals surface area contributed by atoms with E-state index in [4.69, 9.17) is 0 Å². The molecule has 1 saturated carbocycles. The lowest BCUT2D eigenvalue weighted by molar-refractivity contribution is 0.112. The van der Waals surface area contributed by atoms with Crippen molar-refractivity contribution in [3.05, 3.63) is 27.8 Å². The molecule has 1 fully saturated rings. The summed E-state index contributed by atoms with van der Waals surface area (Å²) in [6.45, 7) is 10.4. The summed E-state index contributed by atoms with van der Waals surface area (Å²) in [5.74, 6) is -0.200. The predicted octanol–water partition coefficient (Wildman–Crippen LogP) is 4.90. The van der Waals surface area contributed by atoms with Crippen LogP contribution in [-0.4, -0.2) is 16.5 Å². The van der Waals surface area contributed by atoms with Gasteiger partial charge in [0, 0.05) is 22.1 Å². The van der Waals surface area contributed by atoms with Crippen molar-refractivity contribution < 1.29 is 15.0 Å². The molecular formula is C20H26O3. The molecule has 0 amide bonds. The number of phenolic OH excluding ortho intramolecular Hbond substituents is 2. The Kier molecular flexibility index (Phi) is 3.40. The number of allylic oxidation sites excluding steroid dienone is 1. The van der Waals surface area contributed by atoms with Crippen molar-refractivity contribution in [1.29, 1.82) is 0 Å². The molecule has 1 unspecified atom stereocenters. The maximum atomic E-state index is 11.8. The largest absolute Gasteiger partial charge is 0.504 e. The van der Waals surface area contributed by atoms with Gasteiger partial charge in [-0.3, -0.25) is 4.79 Å². The summed E-state index contributed by atoms with van der Waals surface area (Å²) in [6.07, 6.45) is 6.04. The van der Waals surface area contributed by atoms with Gasteiger partial charge in [-0.1, -0.05) is 52.7 Å². The minimum absolute atomic E-state index is 0.0340. The van der Waals surface area contributed by atoms with E-state index in [0.29, 0.717) is 11.1 Å². The number of fused-ring (bicyclic) bond motifs is 3. The Morgan fingerprint density at radius 1 is 1.13 bits per heavy atom. The van der Waals surface area contributed by atoms with Gasteiger partial charge in [0.05, 0.1) is 0 Å². The topological polar surface area (TPSA) is 57.5 Å². The lowest BCUT2D eigenvalue weighted by Crippen LogP contribution is -2.35. The second-order valence-corrected chi connectivity index (χ2v) is 8.21. The number of aromatic hydroxyl groups is 2. The maximum Gasteiger partial charge on any atom is 0.162 e. The highest BCUT2D eigenvalue weighted by atomic mass is 16.3. The summed E-state index contributed by atoms with van der Waals surface area (Å²) in [5.41, 5.74) is 3.64. The molecule has 3 heteroatoms. The van der Waals surface area contributed by atoms with E-state index in [1.165, 1.54) is 5.57 Å². The summed E-state index contributed by atoms with van der Waals surface area (Å²) < 4.78 is 0. The fourth-order valence-electron chi connectivity index (χ4n) is 4.86. The molecule has 3 nitrogen and oxygen atoms in total. The fraction of sp³-hybridized carbons (Fsp3) is 0.550. The van der Waals surface area contributed by atoms with Crippen LogP contribution >= 0.6 is 0 Å². The lowest BCUT2D eigenvalue weighted by atomic mass is 9.60. The first-order chi connectivity index (χ1) is 10.6. The molecule has 0 heterocycles. The Hall–Kier alpha value is -1.77. The van der Waals surface area contributed by atoms with Gasteiger partial charge in [0.15, 0.2) is 17.8 Å². The van der Waals surface area contributed by atoms with Gasteiger partial charge >= 0.3 is 0 Å². The molecule has 2 N–H and O–H groups in total. The molecule has 0 radical (unpaired) electrons. The minimum Gasteiger partial charge on any atom is -0.504 e. The highest BCUT2D eigenvalue weighted by Crippen LogP contribution is 2.61. The van der Waals surface area contributed by atoms with Crippen molar-refractivity contribution in [3.63, 3.8) is 0 Å². The molecule has 2 aliphatic rings. The minimum atomic E-state index is -0.300. The summed E-state index contributed by atoms with van der Waals surface area (Å²) in [6, 6.07) is 0. The van der Waals surface area contributed by atoms with Gasteiger partial charge in [-0.15, -0.1) is 0 Å². The summed E-state index contributed by atoms with van der Waals surface area (Å²) in [5, 5.41) is 21.3. The molecule has 0 saturated heterocycles. The summed E-state index contributed by atoms with van der Waals surface area (Å²) in [4.78, 5) is 11.8. The van der Waals surface area contributed by atoms with E-state index < -0.39 is 0 Å². The molecule has 0 aliphatic heterocycles. The standard InChI is InChI=1S/C20H26O3/c1-11(2)15-13(10-21)12-9-14-19(3,4)7-6-8-20(14,5)16(12)18(23)17(15)22/h9-11,22-23H,6-8H2,1-5H3. The monoisotopic (exact) mass is 314 g/mol. The first kappa shape index (κ1) is 16.1. The van der Waals surface area contributed by atoms with E-state index in [-0.39, 0.29) is 28.2 Å². The molecule has 0 aromatic heterocycles. The molecular weight excluding hydrogens is 288 g/mol. The number of carbonyl (C=O) groups excluding carboxylic acids is 1. The summed E-state index contributed by atoms with van der Waals surface area (Å²) >= 11 is 0. The number of phenols is 2. The first-order valence-corrected chi connectivity index (χ1v) is 8.45. The van der Waals surface area contributed by atoms with Gasteiger partial charge in [0.1, 0.15) is 0 Å². The van der Waals surface area contributed by atoms with E-state index in [0.717, 1.165) is 36.7 Å². The number of benzene rings is 1. The predicted molar refractivity (Wildman–Crippen MR) is 92.2 cm³/mol. The van der Waals surface area contributed by atoms with Crippen LogP contribution in [0.5, 0.6) is 11.5 Å². The van der Waals surface area contributed by atoms with Crippen LogP contribution < -0.4 is 0 Å². The van der Waals surface area contributed by atoms with Crippen molar-refractivity contribution >= 4 is 12.4 Å². The van der Waals surface area contributed by atoms with E-state index in [1.807, 2.05) is 13.8 Å². The van der Waals surface area contributed by atoms with E-state index in [2.05, 4.69) is 26.8 Å². The Morgan fingerprint density at radius 2 is 1.78 bits per heavy atom. The zero-order chi connectivity index (χ0) is 17.2. The van der Waals surface area contributed by atoms with E-state index in [1.54, 1.807) is 0 Å². The average molecular weight is 314 g/mol. The zero-order valence-electron chi connectivity index (χ0n) is 14.7. The van der Waals surface area contributed by atoms with Crippen LogP contribution in [0.15, 0.2) is 5.57 Å². The van der Waals surface area contributed by atoms with Crippen LogP contribution in [0, 0.1) is 5.41 Å². The van der Waals surface area contributed by atoms with Crippen LogP contribution in [0.3, 0.4) is 0 Å². The normalized spacial score (nSPS) is 25.0. The van der Waals surface area contributed by atoms with Crippen LogP contribution in [0.2, 0.25) is 0 Å². The SMILES string of the molecule is CC(C)c1c(O)c(O)c2c(c1C=O)C=C1C(C)(C)CCCC12C. The first-order valence-electron chi connectivity index (χ1n) is 8.45. The van der Waals surface area contributed by atoms with Gasteiger partial charge < -0.3 is 10.2 Å². The highest BCUT2D eigenvalue weighted by molar-refractivity contribution is 5.92. The second-order valence-electron chi connectivity index (χ2n) is 8.21. The van der Waals surface area contributed by atoms with Gasteiger partial charge in [-0.05, 0) is 29.7 Å². The lowest BCUT2D eigenvalue weighted by Gasteiger charge is -2.44. The summed E-state index contributed by atoms with van der Waals surface area (Å²) in [7, 11) is 0. The molecule has 2 aliphatic carbocycles. The van der Waals surface area contributed by atoms with Crippen molar-refractivity contribution in [2.24, 2.45) is 5.41 Å². The van der Waals surface area contributed by atoms with Gasteiger partial charge in [-0.25, -0.2) is 0 Å². The molecule has 1 atom stereocenters. The number of hydrogen-bond donors (Lipinski definition) is 2. The van der Waals surface area contributed by atoms with Crippen LogP contribution in [0.25, 0.3) is 6.08 Å². The smallest absolute Gasteiger partial charge is 0.162 e. The Balaban J connectivity index is 2.40. The highest BCUT2D eigenvalue weighted by Gasteiger charge is 2.49. The van der Waals surface area contributed by atoms with E-state index >= 15 is 0 Å². The molecule has 1 aromatic carbocycles. The molecule has 0 bridgehead atoms. The van der Waals surface area contributed by atoms with Crippen LogP contribution in [0.1, 0.15) is 86.8 Å². The van der Waals surface area contributed by atoms with Crippen LogP contribution in [0.4, 0.5) is 0 Å². The van der Waals surface area contributed by atoms with Crippen molar-refractivity contribution in [2.45, 2.75) is 65.2 Å². The third-order valence-electron chi connectivity index (χ3n) is 5.90. The molecule has 0 spiro atoms. The van der Waals surface area contributed by atoms with Crippen molar-refractivity contribution in [3.8, 4) is 11.5 Å². The molecule has 1 aromatic rings. The number of rotatable bonds is 2. The number of hydrogen-bond acceptors (Lipinski definition) is 3. The zero-order valence-corrected chi connectivity index (χ0v) is 14.7. The average Bonchev–Trinajstić information content (AvgIpc) is 2.76. The number of carbonyl (C=O) groups is 1. The third kappa shape index (κ3) is 1.98. The molecule has 124 valence electrons. The number of aldehydes is 1. The third-order valence-corrected chi connectivity index (χ3v) is 5.90. The fourth-order valence-corrected chi connectivity index (χ4v) is 4.86. The second kappa shape index (κ2) is 4.86. The Morgan fingerprint density at radius 3 is 2.35 bits per heavy atom. The quantitative estimate of drug-likeness (QED) is 0.603.